The maximum absolute atomic E-state index is 11.0. The fraction of sp³-hybridized carbons (Fsp3) is 0.364. The molecule has 0 saturated carbocycles. The fourth-order valence-corrected chi connectivity index (χ4v) is 1.51. The van der Waals surface area contributed by atoms with E-state index in [9.17, 15) is 4.79 Å². The second-order valence-electron chi connectivity index (χ2n) is 3.25. The minimum absolute atomic E-state index is 0.483. The molecule has 0 aliphatic rings. The monoisotopic (exact) mass is 246 g/mol. The van der Waals surface area contributed by atoms with Gasteiger partial charge >= 0.3 is 0 Å². The SMILES string of the molecule is CCC(Oc1cc(C)ccc1Cl)C(=O)Cl. The molecule has 1 atom stereocenters. The van der Waals surface area contributed by atoms with Crippen LogP contribution in [0.25, 0.3) is 0 Å². The molecule has 0 aliphatic heterocycles. The van der Waals surface area contributed by atoms with Crippen molar-refractivity contribution < 1.29 is 9.53 Å². The standard InChI is InChI=1S/C11H12Cl2O2/c1-3-9(11(13)14)15-10-6-7(2)4-5-8(10)12/h4-6,9H,3H2,1-2H3. The van der Waals surface area contributed by atoms with E-state index in [4.69, 9.17) is 27.9 Å². The molecule has 2 nitrogen and oxygen atoms in total. The van der Waals surface area contributed by atoms with E-state index in [-0.39, 0.29) is 0 Å². The Hall–Kier alpha value is -0.730. The quantitative estimate of drug-likeness (QED) is 0.760. The summed E-state index contributed by atoms with van der Waals surface area (Å²) < 4.78 is 5.42. The molecule has 0 heterocycles. The molecule has 0 saturated heterocycles. The molecular formula is C11H12Cl2O2. The van der Waals surface area contributed by atoms with Crippen LogP contribution in [0.5, 0.6) is 5.75 Å². The summed E-state index contributed by atoms with van der Waals surface area (Å²) in [7, 11) is 0. The highest BCUT2D eigenvalue weighted by Crippen LogP contribution is 2.27. The average molecular weight is 247 g/mol. The molecule has 1 aromatic rings. The van der Waals surface area contributed by atoms with Crippen molar-refractivity contribution in [2.24, 2.45) is 0 Å². The number of halogens is 2. The zero-order chi connectivity index (χ0) is 11.4. The number of benzene rings is 1. The number of carbonyl (C=O) groups is 1. The first-order valence-corrected chi connectivity index (χ1v) is 5.42. The molecule has 1 aromatic carbocycles. The largest absolute Gasteiger partial charge is 0.480 e. The van der Waals surface area contributed by atoms with Crippen molar-refractivity contribution in [1.82, 2.24) is 0 Å². The lowest BCUT2D eigenvalue weighted by Crippen LogP contribution is -2.22. The van der Waals surface area contributed by atoms with Crippen molar-refractivity contribution in [2.75, 3.05) is 0 Å². The Kier molecular flexibility index (Phi) is 4.43. The van der Waals surface area contributed by atoms with Crippen molar-refractivity contribution in [3.63, 3.8) is 0 Å². The number of carbonyl (C=O) groups excluding carboxylic acids is 1. The summed E-state index contributed by atoms with van der Waals surface area (Å²) in [6, 6.07) is 5.39. The molecule has 0 fully saturated rings. The van der Waals surface area contributed by atoms with Crippen LogP contribution in [0.1, 0.15) is 18.9 Å². The van der Waals surface area contributed by atoms with Crippen LogP contribution in [0.15, 0.2) is 18.2 Å². The van der Waals surface area contributed by atoms with Gasteiger partial charge in [0.25, 0.3) is 5.24 Å². The van der Waals surface area contributed by atoms with E-state index in [1.165, 1.54) is 0 Å². The Morgan fingerprint density at radius 3 is 2.73 bits per heavy atom. The molecule has 1 rings (SSSR count). The Labute approximate surface area is 99.1 Å². The lowest BCUT2D eigenvalue weighted by molar-refractivity contribution is -0.117. The van der Waals surface area contributed by atoms with Crippen LogP contribution in [-0.2, 0) is 4.79 Å². The lowest BCUT2D eigenvalue weighted by atomic mass is 10.2. The average Bonchev–Trinajstić information content (AvgIpc) is 2.18. The Morgan fingerprint density at radius 1 is 1.53 bits per heavy atom. The highest BCUT2D eigenvalue weighted by Gasteiger charge is 2.17. The predicted octanol–water partition coefficient (Wildman–Crippen LogP) is 3.57. The second-order valence-corrected chi connectivity index (χ2v) is 4.03. The van der Waals surface area contributed by atoms with Gasteiger partial charge in [0, 0.05) is 0 Å². The zero-order valence-corrected chi connectivity index (χ0v) is 10.1. The molecule has 0 N–H and O–H groups in total. The normalized spacial score (nSPS) is 12.3. The van der Waals surface area contributed by atoms with E-state index < -0.39 is 11.3 Å². The summed E-state index contributed by atoms with van der Waals surface area (Å²) in [5, 5.41) is -0.0213. The molecule has 1 unspecified atom stereocenters. The van der Waals surface area contributed by atoms with Gasteiger partial charge in [-0.1, -0.05) is 24.6 Å². The topological polar surface area (TPSA) is 26.3 Å². The van der Waals surface area contributed by atoms with E-state index >= 15 is 0 Å². The predicted molar refractivity (Wildman–Crippen MR) is 61.8 cm³/mol. The molecule has 15 heavy (non-hydrogen) atoms. The Bertz CT molecular complexity index is 364. The summed E-state index contributed by atoms with van der Waals surface area (Å²) >= 11 is 11.3. The molecule has 82 valence electrons. The van der Waals surface area contributed by atoms with Gasteiger partial charge in [-0.3, -0.25) is 4.79 Å². The van der Waals surface area contributed by atoms with Gasteiger partial charge in [-0.2, -0.15) is 0 Å². The van der Waals surface area contributed by atoms with Crippen molar-refractivity contribution in [1.29, 1.82) is 0 Å². The molecule has 4 heteroatoms. The van der Waals surface area contributed by atoms with Crippen LogP contribution < -0.4 is 4.74 Å². The summed E-state index contributed by atoms with van der Waals surface area (Å²) in [6.45, 7) is 3.75. The van der Waals surface area contributed by atoms with Gasteiger partial charge in [-0.15, -0.1) is 0 Å². The van der Waals surface area contributed by atoms with E-state index in [0.717, 1.165) is 5.56 Å². The van der Waals surface area contributed by atoms with Crippen LogP contribution in [0.4, 0.5) is 0 Å². The van der Waals surface area contributed by atoms with Crippen molar-refractivity contribution in [3.8, 4) is 5.75 Å². The van der Waals surface area contributed by atoms with Crippen molar-refractivity contribution in [3.05, 3.63) is 28.8 Å². The Balaban J connectivity index is 2.87. The molecule has 0 radical (unpaired) electrons. The number of rotatable bonds is 4. The summed E-state index contributed by atoms with van der Waals surface area (Å²) in [4.78, 5) is 11.0. The minimum atomic E-state index is -0.633. The third kappa shape index (κ3) is 3.40. The summed E-state index contributed by atoms with van der Waals surface area (Å²) in [5.41, 5.74) is 1.02. The number of ether oxygens (including phenoxy) is 1. The van der Waals surface area contributed by atoms with Crippen LogP contribution in [0.3, 0.4) is 0 Å². The second kappa shape index (κ2) is 5.38. The highest BCUT2D eigenvalue weighted by atomic mass is 35.5. The summed E-state index contributed by atoms with van der Waals surface area (Å²) in [5.74, 6) is 0.498. The third-order valence-corrected chi connectivity index (χ3v) is 2.54. The molecule has 0 spiro atoms. The number of aryl methyl sites for hydroxylation is 1. The first kappa shape index (κ1) is 12.3. The third-order valence-electron chi connectivity index (χ3n) is 1.98. The van der Waals surface area contributed by atoms with Crippen LogP contribution in [-0.4, -0.2) is 11.3 Å². The highest BCUT2D eigenvalue weighted by molar-refractivity contribution is 6.64. The van der Waals surface area contributed by atoms with Crippen molar-refractivity contribution in [2.45, 2.75) is 26.4 Å². The van der Waals surface area contributed by atoms with E-state index in [0.29, 0.717) is 17.2 Å². The molecule has 0 amide bonds. The minimum Gasteiger partial charge on any atom is -0.480 e. The van der Waals surface area contributed by atoms with Crippen LogP contribution >= 0.6 is 23.2 Å². The van der Waals surface area contributed by atoms with Gasteiger partial charge in [0.2, 0.25) is 0 Å². The number of hydrogen-bond donors (Lipinski definition) is 0. The van der Waals surface area contributed by atoms with Crippen molar-refractivity contribution >= 4 is 28.4 Å². The van der Waals surface area contributed by atoms with Crippen LogP contribution in [0, 0.1) is 6.92 Å². The molecular weight excluding hydrogens is 235 g/mol. The van der Waals surface area contributed by atoms with Gasteiger partial charge in [0.15, 0.2) is 6.10 Å². The van der Waals surface area contributed by atoms with Gasteiger partial charge in [0.1, 0.15) is 5.75 Å². The van der Waals surface area contributed by atoms with Crippen LogP contribution in [0.2, 0.25) is 5.02 Å². The summed E-state index contributed by atoms with van der Waals surface area (Å²) in [6.07, 6.45) is -0.113. The fourth-order valence-electron chi connectivity index (χ4n) is 1.14. The zero-order valence-electron chi connectivity index (χ0n) is 8.59. The first-order chi connectivity index (χ1) is 7.04. The first-order valence-electron chi connectivity index (χ1n) is 4.66. The molecule has 0 aliphatic carbocycles. The Morgan fingerprint density at radius 2 is 2.20 bits per heavy atom. The molecule has 0 bridgehead atoms. The maximum Gasteiger partial charge on any atom is 0.262 e. The van der Waals surface area contributed by atoms with E-state index in [1.54, 1.807) is 12.1 Å². The van der Waals surface area contributed by atoms with Gasteiger partial charge in [-0.05, 0) is 42.6 Å². The molecule has 0 aromatic heterocycles. The van der Waals surface area contributed by atoms with Gasteiger partial charge < -0.3 is 4.74 Å². The van der Waals surface area contributed by atoms with E-state index in [1.807, 2.05) is 19.9 Å². The van der Waals surface area contributed by atoms with Gasteiger partial charge in [-0.25, -0.2) is 0 Å². The number of hydrogen-bond acceptors (Lipinski definition) is 2. The smallest absolute Gasteiger partial charge is 0.262 e. The maximum atomic E-state index is 11.0. The lowest BCUT2D eigenvalue weighted by Gasteiger charge is -2.14. The van der Waals surface area contributed by atoms with E-state index in [2.05, 4.69) is 0 Å². The van der Waals surface area contributed by atoms with Gasteiger partial charge in [0.05, 0.1) is 5.02 Å².